The minimum Gasteiger partial charge on any atom is -0.444 e. The summed E-state index contributed by atoms with van der Waals surface area (Å²) in [5.41, 5.74) is -1.19. The van der Waals surface area contributed by atoms with Crippen molar-refractivity contribution < 1.29 is 19.1 Å². The van der Waals surface area contributed by atoms with E-state index in [1.165, 1.54) is 0 Å². The zero-order chi connectivity index (χ0) is 18.2. The molecule has 2 unspecified atom stereocenters. The highest BCUT2D eigenvalue weighted by molar-refractivity contribution is 5.70. The van der Waals surface area contributed by atoms with Gasteiger partial charge in [-0.3, -0.25) is 0 Å². The largest absolute Gasteiger partial charge is 0.444 e. The van der Waals surface area contributed by atoms with Gasteiger partial charge in [-0.25, -0.2) is 9.59 Å². The Balaban J connectivity index is 1.97. The van der Waals surface area contributed by atoms with Gasteiger partial charge in [-0.2, -0.15) is 0 Å². The molecule has 7 heteroatoms. The Morgan fingerprint density at radius 1 is 1.12 bits per heavy atom. The lowest BCUT2D eigenvalue weighted by Crippen LogP contribution is -2.50. The number of hydrogen-bond acceptors (Lipinski definition) is 5. The van der Waals surface area contributed by atoms with Gasteiger partial charge in [0.25, 0.3) is 0 Å². The maximum Gasteiger partial charge on any atom is 0.410 e. The van der Waals surface area contributed by atoms with Crippen molar-refractivity contribution in [3.8, 4) is 0 Å². The summed E-state index contributed by atoms with van der Waals surface area (Å²) in [6.07, 6.45) is 0.133. The van der Waals surface area contributed by atoms with E-state index >= 15 is 0 Å². The number of carbonyl (C=O) groups is 2. The minimum absolute atomic E-state index is 0.0558. The third-order valence-electron chi connectivity index (χ3n) is 4.29. The van der Waals surface area contributed by atoms with E-state index in [4.69, 9.17) is 9.47 Å². The molecule has 0 saturated carbocycles. The van der Waals surface area contributed by atoms with Crippen molar-refractivity contribution >= 4 is 12.2 Å². The molecule has 0 bridgehead atoms. The van der Waals surface area contributed by atoms with Crippen molar-refractivity contribution in [2.24, 2.45) is 5.41 Å². The number of alkyl carbamates (subject to hydrolysis) is 1. The Kier molecular flexibility index (Phi) is 5.04. The van der Waals surface area contributed by atoms with Crippen molar-refractivity contribution in [2.45, 2.75) is 65.2 Å². The predicted octanol–water partition coefficient (Wildman–Crippen LogP) is 2.11. The second-order valence-corrected chi connectivity index (χ2v) is 8.84. The van der Waals surface area contributed by atoms with Crippen LogP contribution in [0.25, 0.3) is 0 Å². The molecule has 24 heavy (non-hydrogen) atoms. The fourth-order valence-electron chi connectivity index (χ4n) is 3.27. The standard InChI is InChI=1S/C17H31N3O4/c1-15(2,3)23-13(21)19-12-9-18-10-17(12)7-8-20(11-17)14(22)24-16(4,5)6/h12,18H,7-11H2,1-6H3,(H,19,21). The number of likely N-dealkylation sites (tertiary alicyclic amines) is 1. The first-order valence-corrected chi connectivity index (χ1v) is 8.58. The highest BCUT2D eigenvalue weighted by Crippen LogP contribution is 2.37. The molecule has 0 radical (unpaired) electrons. The average Bonchev–Trinajstić information content (AvgIpc) is 2.94. The van der Waals surface area contributed by atoms with Crippen LogP contribution in [0.5, 0.6) is 0 Å². The SMILES string of the molecule is CC(C)(C)OC(=O)NC1CNCC12CCN(C(=O)OC(C)(C)C)C2. The molecule has 2 rings (SSSR count). The van der Waals surface area contributed by atoms with Crippen molar-refractivity contribution in [1.29, 1.82) is 0 Å². The number of carbonyl (C=O) groups excluding carboxylic acids is 2. The lowest BCUT2D eigenvalue weighted by atomic mass is 9.82. The Morgan fingerprint density at radius 3 is 2.33 bits per heavy atom. The lowest BCUT2D eigenvalue weighted by molar-refractivity contribution is 0.0268. The minimum atomic E-state index is -0.526. The first kappa shape index (κ1) is 18.8. The third-order valence-corrected chi connectivity index (χ3v) is 4.29. The summed E-state index contributed by atoms with van der Waals surface area (Å²) in [4.78, 5) is 26.1. The Morgan fingerprint density at radius 2 is 1.75 bits per heavy atom. The second kappa shape index (κ2) is 6.43. The van der Waals surface area contributed by atoms with E-state index in [2.05, 4.69) is 10.6 Å². The summed E-state index contributed by atoms with van der Waals surface area (Å²) < 4.78 is 10.8. The summed E-state index contributed by atoms with van der Waals surface area (Å²) >= 11 is 0. The van der Waals surface area contributed by atoms with Crippen LogP contribution >= 0.6 is 0 Å². The van der Waals surface area contributed by atoms with Crippen LogP contribution in [-0.4, -0.2) is 60.5 Å². The molecule has 0 aromatic carbocycles. The van der Waals surface area contributed by atoms with Crippen molar-refractivity contribution in [3.63, 3.8) is 0 Å². The van der Waals surface area contributed by atoms with Gasteiger partial charge in [0.05, 0.1) is 6.04 Å². The molecule has 0 aromatic rings. The third kappa shape index (κ3) is 4.75. The summed E-state index contributed by atoms with van der Waals surface area (Å²) in [7, 11) is 0. The number of nitrogens with one attached hydrogen (secondary N) is 2. The van der Waals surface area contributed by atoms with Gasteiger partial charge in [0.1, 0.15) is 11.2 Å². The topological polar surface area (TPSA) is 79.9 Å². The van der Waals surface area contributed by atoms with Crippen molar-refractivity contribution in [1.82, 2.24) is 15.5 Å². The van der Waals surface area contributed by atoms with Gasteiger partial charge in [-0.05, 0) is 48.0 Å². The molecule has 2 atom stereocenters. The number of nitrogens with zero attached hydrogens (tertiary/aromatic N) is 1. The molecule has 2 fully saturated rings. The molecule has 1 spiro atoms. The fraction of sp³-hybridized carbons (Fsp3) is 0.882. The zero-order valence-electron chi connectivity index (χ0n) is 15.7. The molecular weight excluding hydrogens is 310 g/mol. The summed E-state index contributed by atoms with van der Waals surface area (Å²) in [5.74, 6) is 0. The van der Waals surface area contributed by atoms with Crippen LogP contribution in [0, 0.1) is 5.41 Å². The smallest absolute Gasteiger partial charge is 0.410 e. The van der Waals surface area contributed by atoms with Crippen LogP contribution in [0.1, 0.15) is 48.0 Å². The second-order valence-electron chi connectivity index (χ2n) is 8.84. The van der Waals surface area contributed by atoms with E-state index < -0.39 is 17.3 Å². The lowest BCUT2D eigenvalue weighted by Gasteiger charge is -2.32. The first-order chi connectivity index (χ1) is 10.9. The summed E-state index contributed by atoms with van der Waals surface area (Å²) in [6, 6.07) is -0.0558. The molecule has 2 saturated heterocycles. The van der Waals surface area contributed by atoms with Gasteiger partial charge >= 0.3 is 12.2 Å². The summed E-state index contributed by atoms with van der Waals surface area (Å²) in [6.45, 7) is 13.8. The highest BCUT2D eigenvalue weighted by atomic mass is 16.6. The van der Waals surface area contributed by atoms with Crippen LogP contribution < -0.4 is 10.6 Å². The molecule has 2 heterocycles. The molecule has 2 aliphatic rings. The van der Waals surface area contributed by atoms with Gasteiger partial charge in [0.2, 0.25) is 0 Å². The van der Waals surface area contributed by atoms with E-state index in [-0.39, 0.29) is 17.6 Å². The number of amides is 2. The molecule has 0 aromatic heterocycles. The quantitative estimate of drug-likeness (QED) is 0.763. The molecule has 2 aliphatic heterocycles. The fourth-order valence-corrected chi connectivity index (χ4v) is 3.27. The maximum atomic E-state index is 12.3. The van der Waals surface area contributed by atoms with Crippen LogP contribution in [-0.2, 0) is 9.47 Å². The van der Waals surface area contributed by atoms with E-state index in [1.807, 2.05) is 41.5 Å². The van der Waals surface area contributed by atoms with Crippen LogP contribution in [0.2, 0.25) is 0 Å². The normalized spacial score (nSPS) is 27.4. The average molecular weight is 341 g/mol. The number of ether oxygens (including phenoxy) is 2. The van der Waals surface area contributed by atoms with Gasteiger partial charge in [-0.1, -0.05) is 0 Å². The van der Waals surface area contributed by atoms with E-state index in [0.29, 0.717) is 19.6 Å². The number of hydrogen-bond donors (Lipinski definition) is 2. The maximum absolute atomic E-state index is 12.3. The highest BCUT2D eigenvalue weighted by Gasteiger charge is 2.50. The predicted molar refractivity (Wildman–Crippen MR) is 90.9 cm³/mol. The molecule has 0 aliphatic carbocycles. The first-order valence-electron chi connectivity index (χ1n) is 8.58. The summed E-state index contributed by atoms with van der Waals surface area (Å²) in [5, 5.41) is 6.31. The van der Waals surface area contributed by atoms with Crippen molar-refractivity contribution in [3.05, 3.63) is 0 Å². The molecular formula is C17H31N3O4. The van der Waals surface area contributed by atoms with Crippen LogP contribution in [0.3, 0.4) is 0 Å². The Labute approximate surface area is 144 Å². The number of rotatable bonds is 1. The van der Waals surface area contributed by atoms with Crippen LogP contribution in [0.15, 0.2) is 0 Å². The van der Waals surface area contributed by atoms with Gasteiger partial charge < -0.3 is 25.0 Å². The van der Waals surface area contributed by atoms with Crippen LogP contribution in [0.4, 0.5) is 9.59 Å². The van der Waals surface area contributed by atoms with Crippen molar-refractivity contribution in [2.75, 3.05) is 26.2 Å². The van der Waals surface area contributed by atoms with E-state index in [0.717, 1.165) is 13.0 Å². The molecule has 138 valence electrons. The van der Waals surface area contributed by atoms with E-state index in [9.17, 15) is 9.59 Å². The molecule has 2 amide bonds. The molecule has 7 nitrogen and oxygen atoms in total. The van der Waals surface area contributed by atoms with Gasteiger partial charge in [-0.15, -0.1) is 0 Å². The molecule has 2 N–H and O–H groups in total. The Bertz CT molecular complexity index is 495. The van der Waals surface area contributed by atoms with Gasteiger partial charge in [0.15, 0.2) is 0 Å². The monoisotopic (exact) mass is 341 g/mol. The van der Waals surface area contributed by atoms with Gasteiger partial charge in [0, 0.05) is 31.6 Å². The van der Waals surface area contributed by atoms with E-state index in [1.54, 1.807) is 4.90 Å². The Hall–Kier alpha value is -1.50. The zero-order valence-corrected chi connectivity index (χ0v) is 15.7.